The maximum absolute atomic E-state index is 13.3. The summed E-state index contributed by atoms with van der Waals surface area (Å²) >= 11 is 0. The van der Waals surface area contributed by atoms with Gasteiger partial charge in [-0.05, 0) is 29.4 Å². The third-order valence-corrected chi connectivity index (χ3v) is 4.84. The topological polar surface area (TPSA) is 49.0 Å². The summed E-state index contributed by atoms with van der Waals surface area (Å²) in [6.45, 7) is 5.51. The van der Waals surface area contributed by atoms with Crippen molar-refractivity contribution < 1.29 is 18.0 Å². The molecule has 0 aliphatic heterocycles. The number of aromatic amines is 1. The van der Waals surface area contributed by atoms with Crippen molar-refractivity contribution in [1.82, 2.24) is 15.1 Å². The van der Waals surface area contributed by atoms with Crippen LogP contribution in [0.4, 0.5) is 13.2 Å². The van der Waals surface area contributed by atoms with Crippen molar-refractivity contribution in [2.45, 2.75) is 64.7 Å². The summed E-state index contributed by atoms with van der Waals surface area (Å²) in [4.78, 5) is 14.7. The Bertz CT molecular complexity index is 822. The van der Waals surface area contributed by atoms with Gasteiger partial charge in [-0.2, -0.15) is 5.10 Å². The highest BCUT2D eigenvalue weighted by Crippen LogP contribution is 2.34. The predicted octanol–water partition coefficient (Wildman–Crippen LogP) is 4.92. The summed E-state index contributed by atoms with van der Waals surface area (Å²) in [6.07, 6.45) is -1.31. The molecule has 0 atom stereocenters. The lowest BCUT2D eigenvalue weighted by molar-refractivity contribution is 0.0714. The first-order valence-corrected chi connectivity index (χ1v) is 9.04. The Labute approximate surface area is 156 Å². The number of nitrogens with one attached hydrogen (secondary N) is 1. The van der Waals surface area contributed by atoms with E-state index in [2.05, 4.69) is 31.0 Å². The van der Waals surface area contributed by atoms with Crippen molar-refractivity contribution in [2.75, 3.05) is 0 Å². The molecule has 1 aromatic heterocycles. The minimum atomic E-state index is -2.94. The van der Waals surface area contributed by atoms with Gasteiger partial charge >= 0.3 is 0 Å². The van der Waals surface area contributed by atoms with Gasteiger partial charge in [0.15, 0.2) is 0 Å². The average Bonchev–Trinajstić information content (AvgIpc) is 3.35. The first-order chi connectivity index (χ1) is 12.7. The highest BCUT2D eigenvalue weighted by Gasteiger charge is 2.37. The van der Waals surface area contributed by atoms with Crippen LogP contribution >= 0.6 is 0 Å². The van der Waals surface area contributed by atoms with Crippen LogP contribution in [0.2, 0.25) is 0 Å². The smallest absolute Gasteiger partial charge is 0.282 e. The normalized spacial score (nSPS) is 14.6. The van der Waals surface area contributed by atoms with E-state index in [9.17, 15) is 18.0 Å². The van der Waals surface area contributed by atoms with E-state index in [1.165, 1.54) is 0 Å². The SMILES string of the molecule is CC(C)(C)c1ccccc1CN(C(=O)c1c(C(F)F)n[nH]c1CF)C1CC1. The zero-order valence-corrected chi connectivity index (χ0v) is 15.7. The molecule has 1 saturated carbocycles. The molecule has 4 nitrogen and oxygen atoms in total. The number of halogens is 3. The Morgan fingerprint density at radius 3 is 2.52 bits per heavy atom. The molecule has 2 aromatic rings. The van der Waals surface area contributed by atoms with Crippen molar-refractivity contribution in [3.05, 3.63) is 52.3 Å². The molecule has 1 N–H and O–H groups in total. The van der Waals surface area contributed by atoms with Crippen LogP contribution in [-0.2, 0) is 18.6 Å². The van der Waals surface area contributed by atoms with Gasteiger partial charge in [-0.15, -0.1) is 0 Å². The van der Waals surface area contributed by atoms with Crippen LogP contribution < -0.4 is 0 Å². The van der Waals surface area contributed by atoms with Gasteiger partial charge in [-0.25, -0.2) is 13.2 Å². The van der Waals surface area contributed by atoms with E-state index in [0.29, 0.717) is 6.54 Å². The molecule has 1 fully saturated rings. The van der Waals surface area contributed by atoms with E-state index in [1.54, 1.807) is 4.90 Å². The van der Waals surface area contributed by atoms with Gasteiger partial charge in [0.1, 0.15) is 12.4 Å². The molecule has 146 valence electrons. The fourth-order valence-corrected chi connectivity index (χ4v) is 3.36. The maximum atomic E-state index is 13.3. The number of hydrogen-bond acceptors (Lipinski definition) is 2. The van der Waals surface area contributed by atoms with E-state index in [4.69, 9.17) is 0 Å². The van der Waals surface area contributed by atoms with Crippen molar-refractivity contribution in [3.63, 3.8) is 0 Å². The number of alkyl halides is 3. The Hall–Kier alpha value is -2.31. The van der Waals surface area contributed by atoms with Gasteiger partial charge in [0.05, 0.1) is 11.3 Å². The summed E-state index contributed by atoms with van der Waals surface area (Å²) < 4.78 is 39.8. The molecule has 1 aromatic carbocycles. The first kappa shape index (κ1) is 19.5. The number of nitrogens with zero attached hydrogens (tertiary/aromatic N) is 2. The number of carbonyl (C=O) groups excluding carboxylic acids is 1. The molecular weight excluding hydrogens is 355 g/mol. The van der Waals surface area contributed by atoms with E-state index in [-0.39, 0.29) is 22.7 Å². The van der Waals surface area contributed by atoms with Gasteiger partial charge in [0, 0.05) is 12.6 Å². The van der Waals surface area contributed by atoms with Crippen LogP contribution in [0.5, 0.6) is 0 Å². The third-order valence-electron chi connectivity index (χ3n) is 4.84. The summed E-state index contributed by atoms with van der Waals surface area (Å²) in [6, 6.07) is 7.79. The van der Waals surface area contributed by atoms with Crippen LogP contribution in [0, 0.1) is 0 Å². The van der Waals surface area contributed by atoms with Gasteiger partial charge in [-0.3, -0.25) is 9.89 Å². The lowest BCUT2D eigenvalue weighted by atomic mass is 9.83. The van der Waals surface area contributed by atoms with Crippen molar-refractivity contribution in [1.29, 1.82) is 0 Å². The second-order valence-electron chi connectivity index (χ2n) is 7.97. The van der Waals surface area contributed by atoms with E-state index >= 15 is 0 Å². The molecule has 27 heavy (non-hydrogen) atoms. The molecule has 0 unspecified atom stereocenters. The highest BCUT2D eigenvalue weighted by molar-refractivity contribution is 5.97. The minimum absolute atomic E-state index is 0.0154. The summed E-state index contributed by atoms with van der Waals surface area (Å²) in [7, 11) is 0. The Morgan fingerprint density at radius 2 is 1.96 bits per heavy atom. The first-order valence-electron chi connectivity index (χ1n) is 9.04. The second kappa shape index (κ2) is 7.37. The molecule has 1 heterocycles. The number of aromatic nitrogens is 2. The average molecular weight is 379 g/mol. The van der Waals surface area contributed by atoms with Crippen LogP contribution in [0.1, 0.15) is 72.9 Å². The van der Waals surface area contributed by atoms with E-state index in [1.807, 2.05) is 24.3 Å². The quantitative estimate of drug-likeness (QED) is 0.775. The lowest BCUT2D eigenvalue weighted by Gasteiger charge is -2.28. The van der Waals surface area contributed by atoms with Crippen LogP contribution in [0.25, 0.3) is 0 Å². The molecule has 0 saturated heterocycles. The number of benzene rings is 1. The number of hydrogen-bond donors (Lipinski definition) is 1. The molecule has 1 aliphatic rings. The zero-order valence-electron chi connectivity index (χ0n) is 15.7. The Balaban J connectivity index is 1.97. The maximum Gasteiger partial charge on any atom is 0.282 e. The Kier molecular flexibility index (Phi) is 5.31. The molecule has 0 bridgehead atoms. The monoisotopic (exact) mass is 379 g/mol. The van der Waals surface area contributed by atoms with E-state index in [0.717, 1.165) is 24.0 Å². The van der Waals surface area contributed by atoms with Crippen LogP contribution in [0.3, 0.4) is 0 Å². The summed E-state index contributed by atoms with van der Waals surface area (Å²) in [5.41, 5.74) is 0.743. The molecular formula is C20H24F3N3O. The van der Waals surface area contributed by atoms with Crippen LogP contribution in [0.15, 0.2) is 24.3 Å². The van der Waals surface area contributed by atoms with Crippen LogP contribution in [-0.4, -0.2) is 27.0 Å². The fraction of sp³-hybridized carbons (Fsp3) is 0.500. The predicted molar refractivity (Wildman–Crippen MR) is 96.4 cm³/mol. The standard InChI is InChI=1S/C20H24F3N3O/c1-20(2,3)14-7-5-4-6-12(14)11-26(13-8-9-13)19(27)16-15(10-21)24-25-17(16)18(22)23/h4-7,13,18H,8-11H2,1-3H3,(H,24,25). The van der Waals surface area contributed by atoms with Crippen molar-refractivity contribution in [3.8, 4) is 0 Å². The molecule has 3 rings (SSSR count). The Morgan fingerprint density at radius 1 is 1.30 bits per heavy atom. The van der Waals surface area contributed by atoms with Gasteiger partial charge in [0.25, 0.3) is 12.3 Å². The zero-order chi connectivity index (χ0) is 19.8. The minimum Gasteiger partial charge on any atom is -0.331 e. The number of rotatable bonds is 6. The molecule has 0 radical (unpaired) electrons. The van der Waals surface area contributed by atoms with Crippen molar-refractivity contribution in [2.24, 2.45) is 0 Å². The summed E-state index contributed by atoms with van der Waals surface area (Å²) in [5.74, 6) is -0.585. The summed E-state index contributed by atoms with van der Waals surface area (Å²) in [5, 5.41) is 5.72. The number of H-pyrrole nitrogens is 1. The fourth-order valence-electron chi connectivity index (χ4n) is 3.36. The molecule has 0 spiro atoms. The van der Waals surface area contributed by atoms with Gasteiger partial charge in [-0.1, -0.05) is 45.0 Å². The highest BCUT2D eigenvalue weighted by atomic mass is 19.3. The van der Waals surface area contributed by atoms with Gasteiger partial charge < -0.3 is 4.90 Å². The third kappa shape index (κ3) is 4.01. The lowest BCUT2D eigenvalue weighted by Crippen LogP contribution is -2.34. The molecule has 7 heteroatoms. The molecule has 1 aliphatic carbocycles. The second-order valence-corrected chi connectivity index (χ2v) is 7.97. The number of amides is 1. The van der Waals surface area contributed by atoms with Crippen molar-refractivity contribution >= 4 is 5.91 Å². The molecule has 1 amide bonds. The number of carbonyl (C=O) groups is 1. The largest absolute Gasteiger partial charge is 0.331 e. The van der Waals surface area contributed by atoms with E-state index < -0.39 is 24.7 Å². The van der Waals surface area contributed by atoms with Gasteiger partial charge in [0.2, 0.25) is 0 Å².